The van der Waals surface area contributed by atoms with E-state index < -0.39 is 0 Å². The molecule has 0 bridgehead atoms. The van der Waals surface area contributed by atoms with Crippen LogP contribution < -0.4 is 5.32 Å². The molecule has 5 heteroatoms. The van der Waals surface area contributed by atoms with Gasteiger partial charge in [0.1, 0.15) is 0 Å². The lowest BCUT2D eigenvalue weighted by molar-refractivity contribution is -0.120. The van der Waals surface area contributed by atoms with Gasteiger partial charge < -0.3 is 5.32 Å². The quantitative estimate of drug-likeness (QED) is 0.850. The van der Waals surface area contributed by atoms with Gasteiger partial charge in [0.05, 0.1) is 16.7 Å². The Morgan fingerprint density at radius 3 is 2.58 bits per heavy atom. The molecule has 1 unspecified atom stereocenters. The number of nitrogens with zero attached hydrogens (tertiary/aromatic N) is 1. The number of carbonyl (C=O) groups excluding carboxylic acids is 2. The van der Waals surface area contributed by atoms with E-state index in [4.69, 9.17) is 0 Å². The number of amides is 2. The molecule has 0 saturated heterocycles. The van der Waals surface area contributed by atoms with Crippen molar-refractivity contribution in [2.75, 3.05) is 0 Å². The molecule has 1 aliphatic rings. The van der Waals surface area contributed by atoms with Crippen molar-refractivity contribution >= 4 is 28.6 Å². The summed E-state index contributed by atoms with van der Waals surface area (Å²) in [6.07, 6.45) is 0.802. The zero-order valence-electron chi connectivity index (χ0n) is 15.0. The van der Waals surface area contributed by atoms with Gasteiger partial charge >= 0.3 is 0 Å². The van der Waals surface area contributed by atoms with Crippen molar-refractivity contribution in [1.82, 2.24) is 5.32 Å². The third-order valence-corrected chi connectivity index (χ3v) is 5.59. The lowest BCUT2D eigenvalue weighted by Gasteiger charge is -2.09. The molecule has 0 spiro atoms. The molecule has 1 N–H and O–H groups in total. The third-order valence-electron chi connectivity index (χ3n) is 4.43. The van der Waals surface area contributed by atoms with Gasteiger partial charge in [-0.1, -0.05) is 60.3 Å². The normalized spacial score (nSPS) is 16.5. The first-order valence-electron chi connectivity index (χ1n) is 8.66. The number of aliphatic imine (C=N–C) groups is 1. The van der Waals surface area contributed by atoms with Gasteiger partial charge in [-0.25, -0.2) is 4.99 Å². The fourth-order valence-electron chi connectivity index (χ4n) is 2.79. The van der Waals surface area contributed by atoms with Crippen LogP contribution in [0, 0.1) is 13.8 Å². The molecule has 0 aromatic heterocycles. The Balaban J connectivity index is 1.51. The number of benzene rings is 2. The smallest absolute Gasteiger partial charge is 0.260 e. The molecule has 2 amide bonds. The van der Waals surface area contributed by atoms with Crippen LogP contribution in [0.4, 0.5) is 0 Å². The molecule has 1 aliphatic heterocycles. The van der Waals surface area contributed by atoms with Gasteiger partial charge in [-0.15, -0.1) is 0 Å². The first-order valence-corrected chi connectivity index (χ1v) is 9.54. The molecule has 0 aliphatic carbocycles. The number of aryl methyl sites for hydroxylation is 2. The predicted molar refractivity (Wildman–Crippen MR) is 106 cm³/mol. The second-order valence-corrected chi connectivity index (χ2v) is 7.79. The first-order chi connectivity index (χ1) is 12.5. The van der Waals surface area contributed by atoms with Crippen LogP contribution in [0.15, 0.2) is 53.5 Å². The van der Waals surface area contributed by atoms with E-state index in [-0.39, 0.29) is 23.5 Å². The Labute approximate surface area is 158 Å². The average Bonchev–Trinajstić information content (AvgIpc) is 2.96. The van der Waals surface area contributed by atoms with Gasteiger partial charge in [-0.2, -0.15) is 0 Å². The minimum absolute atomic E-state index is 0.111. The fourth-order valence-corrected chi connectivity index (χ4v) is 3.90. The van der Waals surface area contributed by atoms with Crippen LogP contribution in [0.2, 0.25) is 0 Å². The SMILES string of the molecule is Cc1ccc(CC2SC(CC(=O)NCc3ccccc3)=NC2=O)cc1C. The number of hydrogen-bond donors (Lipinski definition) is 1. The lowest BCUT2D eigenvalue weighted by Crippen LogP contribution is -2.24. The fraction of sp³-hybridized carbons (Fsp3) is 0.286. The summed E-state index contributed by atoms with van der Waals surface area (Å²) < 4.78 is 0. The molecule has 0 radical (unpaired) electrons. The minimum Gasteiger partial charge on any atom is -0.352 e. The summed E-state index contributed by atoms with van der Waals surface area (Å²) in [5, 5.41) is 3.25. The maximum atomic E-state index is 12.2. The van der Waals surface area contributed by atoms with Crippen molar-refractivity contribution < 1.29 is 9.59 Å². The van der Waals surface area contributed by atoms with Gasteiger partial charge in [0.2, 0.25) is 5.91 Å². The monoisotopic (exact) mass is 366 g/mol. The largest absolute Gasteiger partial charge is 0.352 e. The van der Waals surface area contributed by atoms with Crippen LogP contribution in [0.5, 0.6) is 0 Å². The number of rotatable bonds is 6. The predicted octanol–water partition coefficient (Wildman–Crippen LogP) is 3.59. The average molecular weight is 366 g/mol. The van der Waals surface area contributed by atoms with Crippen molar-refractivity contribution in [3.63, 3.8) is 0 Å². The molecule has 2 aromatic carbocycles. The molecule has 0 fully saturated rings. The van der Waals surface area contributed by atoms with E-state index in [1.807, 2.05) is 30.3 Å². The molecule has 1 heterocycles. The van der Waals surface area contributed by atoms with Crippen molar-refractivity contribution in [3.05, 3.63) is 70.8 Å². The summed E-state index contributed by atoms with van der Waals surface area (Å²) in [4.78, 5) is 28.4. The molecule has 0 saturated carbocycles. The minimum atomic E-state index is -0.228. The zero-order valence-corrected chi connectivity index (χ0v) is 15.8. The summed E-state index contributed by atoms with van der Waals surface area (Å²) in [7, 11) is 0. The highest BCUT2D eigenvalue weighted by atomic mass is 32.2. The Morgan fingerprint density at radius 2 is 1.85 bits per heavy atom. The summed E-state index contributed by atoms with van der Waals surface area (Å²) in [5.41, 5.74) is 4.64. The molecular weight excluding hydrogens is 344 g/mol. The van der Waals surface area contributed by atoms with E-state index in [2.05, 4.69) is 42.4 Å². The van der Waals surface area contributed by atoms with Crippen LogP contribution >= 0.6 is 11.8 Å². The second kappa shape index (κ2) is 8.32. The molecule has 3 rings (SSSR count). The Kier molecular flexibility index (Phi) is 5.89. The Bertz CT molecular complexity index is 846. The van der Waals surface area contributed by atoms with Crippen LogP contribution in [-0.4, -0.2) is 22.1 Å². The van der Waals surface area contributed by atoms with E-state index in [0.29, 0.717) is 18.0 Å². The van der Waals surface area contributed by atoms with Crippen LogP contribution in [0.25, 0.3) is 0 Å². The molecule has 1 atom stereocenters. The van der Waals surface area contributed by atoms with E-state index in [1.165, 1.54) is 22.9 Å². The van der Waals surface area contributed by atoms with Gasteiger partial charge in [-0.05, 0) is 42.5 Å². The van der Waals surface area contributed by atoms with E-state index in [0.717, 1.165) is 11.1 Å². The van der Waals surface area contributed by atoms with Gasteiger partial charge in [-0.3, -0.25) is 9.59 Å². The highest BCUT2D eigenvalue weighted by Crippen LogP contribution is 2.28. The van der Waals surface area contributed by atoms with E-state index >= 15 is 0 Å². The molecule has 4 nitrogen and oxygen atoms in total. The maximum absolute atomic E-state index is 12.2. The number of carbonyl (C=O) groups is 2. The number of nitrogens with one attached hydrogen (secondary N) is 1. The van der Waals surface area contributed by atoms with Crippen LogP contribution in [-0.2, 0) is 22.6 Å². The molecular formula is C21H22N2O2S. The van der Waals surface area contributed by atoms with E-state index in [9.17, 15) is 9.59 Å². The van der Waals surface area contributed by atoms with Crippen molar-refractivity contribution in [2.45, 2.75) is 38.5 Å². The second-order valence-electron chi connectivity index (χ2n) is 6.51. The van der Waals surface area contributed by atoms with Crippen molar-refractivity contribution in [1.29, 1.82) is 0 Å². The van der Waals surface area contributed by atoms with Gasteiger partial charge in [0, 0.05) is 6.54 Å². The number of hydrogen-bond acceptors (Lipinski definition) is 3. The zero-order chi connectivity index (χ0) is 18.5. The highest BCUT2D eigenvalue weighted by Gasteiger charge is 2.29. The van der Waals surface area contributed by atoms with Crippen molar-refractivity contribution in [2.24, 2.45) is 4.99 Å². The molecule has 2 aromatic rings. The number of thioether (sulfide) groups is 1. The topological polar surface area (TPSA) is 58.5 Å². The van der Waals surface area contributed by atoms with Crippen LogP contribution in [0.1, 0.15) is 28.7 Å². The molecule has 26 heavy (non-hydrogen) atoms. The van der Waals surface area contributed by atoms with Gasteiger partial charge in [0.15, 0.2) is 0 Å². The van der Waals surface area contributed by atoms with Crippen LogP contribution in [0.3, 0.4) is 0 Å². The summed E-state index contributed by atoms with van der Waals surface area (Å²) in [6.45, 7) is 4.63. The van der Waals surface area contributed by atoms with Crippen molar-refractivity contribution in [3.8, 4) is 0 Å². The first kappa shape index (κ1) is 18.4. The Morgan fingerprint density at radius 1 is 1.08 bits per heavy atom. The summed E-state index contributed by atoms with van der Waals surface area (Å²) in [5.74, 6) is -0.251. The maximum Gasteiger partial charge on any atom is 0.260 e. The highest BCUT2D eigenvalue weighted by molar-refractivity contribution is 8.15. The third kappa shape index (κ3) is 4.82. The Hall–Kier alpha value is -2.40. The molecule has 134 valence electrons. The summed E-state index contributed by atoms with van der Waals surface area (Å²) in [6, 6.07) is 16.0. The standard InChI is InChI=1S/C21H22N2O2S/c1-14-8-9-17(10-15(14)2)11-18-21(25)23-20(26-18)12-19(24)22-13-16-6-4-3-5-7-16/h3-10,18H,11-13H2,1-2H3,(H,22,24). The summed E-state index contributed by atoms with van der Waals surface area (Å²) >= 11 is 1.41. The van der Waals surface area contributed by atoms with Gasteiger partial charge in [0.25, 0.3) is 5.91 Å². The lowest BCUT2D eigenvalue weighted by atomic mass is 10.0. The van der Waals surface area contributed by atoms with E-state index in [1.54, 1.807) is 0 Å².